The molecule has 8 nitrogen and oxygen atoms in total. The van der Waals surface area contributed by atoms with E-state index >= 15 is 0 Å². The third kappa shape index (κ3) is 4.43. The molecule has 2 fully saturated rings. The highest BCUT2D eigenvalue weighted by Gasteiger charge is 2.37. The number of hydrogen-bond acceptors (Lipinski definition) is 6. The number of aromatic nitrogens is 1. The summed E-state index contributed by atoms with van der Waals surface area (Å²) >= 11 is 0. The summed E-state index contributed by atoms with van der Waals surface area (Å²) in [5, 5.41) is 1.47. The normalized spacial score (nSPS) is 22.5. The van der Waals surface area contributed by atoms with Gasteiger partial charge in [-0.15, -0.1) is 0 Å². The lowest BCUT2D eigenvalue weighted by Crippen LogP contribution is -2.51. The molecule has 0 saturated carbocycles. The number of piperidine rings is 1. The van der Waals surface area contributed by atoms with Gasteiger partial charge in [-0.3, -0.25) is 14.4 Å². The van der Waals surface area contributed by atoms with Crippen molar-refractivity contribution in [2.24, 2.45) is 5.92 Å². The number of rotatable bonds is 5. The average molecular weight is 523 g/mol. The molecule has 6 rings (SSSR count). The predicted molar refractivity (Wildman–Crippen MR) is 146 cm³/mol. The number of ether oxygens (including phenoxy) is 1. The summed E-state index contributed by atoms with van der Waals surface area (Å²) in [6.07, 6.45) is 3.21. The molecule has 2 saturated heterocycles. The first-order valence-corrected chi connectivity index (χ1v) is 14.6. The van der Waals surface area contributed by atoms with E-state index in [9.17, 15) is 13.2 Å². The third-order valence-electron chi connectivity index (χ3n) is 8.21. The summed E-state index contributed by atoms with van der Waals surface area (Å²) in [7, 11) is -0.113. The SMILES string of the molecule is CN(C)c1cccc2c(S(=O)(=O)Nc3ccc4n(c3=O)C[C@H]3C[C@@H]4CN(C4CCOCC4)C3)cccc12. The van der Waals surface area contributed by atoms with Crippen molar-refractivity contribution in [3.63, 3.8) is 0 Å². The van der Waals surface area contributed by atoms with E-state index in [4.69, 9.17) is 4.74 Å². The molecule has 1 aromatic heterocycles. The lowest BCUT2D eigenvalue weighted by atomic mass is 9.82. The van der Waals surface area contributed by atoms with Crippen LogP contribution in [-0.2, 0) is 21.3 Å². The second-order valence-corrected chi connectivity index (χ2v) is 12.5. The van der Waals surface area contributed by atoms with E-state index in [0.29, 0.717) is 23.9 Å². The molecule has 4 heterocycles. The van der Waals surface area contributed by atoms with Crippen LogP contribution in [0.2, 0.25) is 0 Å². The number of sulfonamides is 1. The zero-order chi connectivity index (χ0) is 25.7. The van der Waals surface area contributed by atoms with Crippen LogP contribution in [0.3, 0.4) is 0 Å². The van der Waals surface area contributed by atoms with Crippen molar-refractivity contribution >= 4 is 32.2 Å². The van der Waals surface area contributed by atoms with E-state index in [-0.39, 0.29) is 22.1 Å². The van der Waals surface area contributed by atoms with Crippen molar-refractivity contribution in [3.8, 4) is 0 Å². The van der Waals surface area contributed by atoms with E-state index < -0.39 is 10.0 Å². The summed E-state index contributed by atoms with van der Waals surface area (Å²) in [4.78, 5) is 18.3. The van der Waals surface area contributed by atoms with Gasteiger partial charge in [0.2, 0.25) is 0 Å². The maximum Gasteiger partial charge on any atom is 0.275 e. The van der Waals surface area contributed by atoms with E-state index in [1.165, 1.54) is 0 Å². The molecule has 9 heteroatoms. The fourth-order valence-corrected chi connectivity index (χ4v) is 7.78. The van der Waals surface area contributed by atoms with Crippen LogP contribution in [0.15, 0.2) is 58.2 Å². The molecule has 2 aromatic carbocycles. The summed E-state index contributed by atoms with van der Waals surface area (Å²) in [6.45, 7) is 4.19. The van der Waals surface area contributed by atoms with Gasteiger partial charge in [-0.25, -0.2) is 8.42 Å². The molecule has 0 radical (unpaired) electrons. The van der Waals surface area contributed by atoms with Gasteiger partial charge in [0.25, 0.3) is 15.6 Å². The molecule has 3 aliphatic heterocycles. The van der Waals surface area contributed by atoms with Gasteiger partial charge in [-0.2, -0.15) is 0 Å². The fraction of sp³-hybridized carbons (Fsp3) is 0.464. The van der Waals surface area contributed by atoms with Crippen molar-refractivity contribution in [1.29, 1.82) is 0 Å². The fourth-order valence-electron chi connectivity index (χ4n) is 6.50. The first kappa shape index (κ1) is 24.5. The molecule has 3 aromatic rings. The second-order valence-electron chi connectivity index (χ2n) is 10.8. The zero-order valence-corrected chi connectivity index (χ0v) is 22.2. The van der Waals surface area contributed by atoms with E-state index in [1.807, 2.05) is 53.9 Å². The Morgan fingerprint density at radius 3 is 2.49 bits per heavy atom. The van der Waals surface area contributed by atoms with Crippen LogP contribution in [0.5, 0.6) is 0 Å². The number of pyridine rings is 1. The molecule has 0 unspecified atom stereocenters. The number of benzene rings is 2. The smallest absolute Gasteiger partial charge is 0.275 e. The minimum absolute atomic E-state index is 0.103. The molecule has 1 N–H and O–H groups in total. The second kappa shape index (κ2) is 9.45. The first-order valence-electron chi connectivity index (χ1n) is 13.1. The number of fused-ring (bicyclic) bond motifs is 5. The first-order chi connectivity index (χ1) is 17.8. The van der Waals surface area contributed by atoms with Crippen LogP contribution in [0, 0.1) is 5.92 Å². The minimum Gasteiger partial charge on any atom is -0.381 e. The van der Waals surface area contributed by atoms with Crippen molar-refractivity contribution < 1.29 is 13.2 Å². The molecule has 3 aliphatic rings. The van der Waals surface area contributed by atoms with Gasteiger partial charge in [0.05, 0.1) is 4.90 Å². The standard InChI is InChI=1S/C28H34N4O4S/c1-30(2)26-7-3-6-23-22(26)5-4-8-27(23)37(34,35)29-24-9-10-25-20-15-19(17-32(25)28(24)33)16-31(18-20)21-11-13-36-14-12-21/h3-10,19-21,29H,11-18H2,1-2H3/t19-,20+/m0/s1. The molecule has 0 spiro atoms. The summed E-state index contributed by atoms with van der Waals surface area (Å²) in [5.74, 6) is 0.678. The van der Waals surface area contributed by atoms with Crippen molar-refractivity contribution in [1.82, 2.24) is 9.47 Å². The summed E-state index contributed by atoms with van der Waals surface area (Å²) < 4.78 is 37.1. The topological polar surface area (TPSA) is 83.9 Å². The molecule has 0 amide bonds. The Hall–Kier alpha value is -2.88. The predicted octanol–water partition coefficient (Wildman–Crippen LogP) is 3.47. The van der Waals surface area contributed by atoms with Crippen LogP contribution >= 0.6 is 0 Å². The highest BCUT2D eigenvalue weighted by Crippen LogP contribution is 2.37. The van der Waals surface area contributed by atoms with Crippen molar-refractivity contribution in [2.75, 3.05) is 50.0 Å². The Balaban J connectivity index is 1.30. The highest BCUT2D eigenvalue weighted by atomic mass is 32.2. The molecular weight excluding hydrogens is 488 g/mol. The summed E-state index contributed by atoms with van der Waals surface area (Å²) in [5.41, 5.74) is 1.79. The Bertz CT molecular complexity index is 1490. The number of nitrogens with one attached hydrogen (secondary N) is 1. The Kier molecular flexibility index (Phi) is 6.25. The van der Waals surface area contributed by atoms with E-state index in [1.54, 1.807) is 18.2 Å². The average Bonchev–Trinajstić information content (AvgIpc) is 2.90. The number of likely N-dealkylation sites (tertiary alicyclic amines) is 1. The summed E-state index contributed by atoms with van der Waals surface area (Å²) in [6, 6.07) is 15.0. The van der Waals surface area contributed by atoms with Crippen LogP contribution in [0.4, 0.5) is 11.4 Å². The van der Waals surface area contributed by atoms with Crippen molar-refractivity contribution in [2.45, 2.75) is 42.7 Å². The minimum atomic E-state index is -3.98. The molecule has 37 heavy (non-hydrogen) atoms. The van der Waals surface area contributed by atoms with Crippen molar-refractivity contribution in [3.05, 3.63) is 64.6 Å². The Labute approximate surface area is 217 Å². The maximum atomic E-state index is 13.5. The Morgan fingerprint density at radius 1 is 0.946 bits per heavy atom. The Morgan fingerprint density at radius 2 is 1.70 bits per heavy atom. The molecular formula is C28H34N4O4S. The van der Waals surface area contributed by atoms with Gasteiger partial charge in [0.1, 0.15) is 5.69 Å². The maximum absolute atomic E-state index is 13.5. The monoisotopic (exact) mass is 522 g/mol. The third-order valence-corrected chi connectivity index (χ3v) is 9.64. The lowest BCUT2D eigenvalue weighted by molar-refractivity contribution is 0.00589. The van der Waals surface area contributed by atoms with Gasteiger partial charge in [0.15, 0.2) is 0 Å². The molecule has 2 bridgehead atoms. The largest absolute Gasteiger partial charge is 0.381 e. The van der Waals surface area contributed by atoms with Crippen LogP contribution < -0.4 is 15.2 Å². The number of nitrogens with zero attached hydrogens (tertiary/aromatic N) is 3. The molecule has 2 atom stereocenters. The van der Waals surface area contributed by atoms with Crippen LogP contribution in [0.1, 0.15) is 30.9 Å². The van der Waals surface area contributed by atoms with Crippen LogP contribution in [0.25, 0.3) is 10.8 Å². The van der Waals surface area contributed by atoms with E-state index in [0.717, 1.165) is 62.3 Å². The molecule has 0 aliphatic carbocycles. The van der Waals surface area contributed by atoms with Crippen LogP contribution in [-0.4, -0.2) is 64.3 Å². The van der Waals surface area contributed by atoms with Gasteiger partial charge in [0, 0.05) is 81.1 Å². The van der Waals surface area contributed by atoms with Gasteiger partial charge in [-0.1, -0.05) is 24.3 Å². The zero-order valence-electron chi connectivity index (χ0n) is 21.4. The molecule has 196 valence electrons. The van der Waals surface area contributed by atoms with Gasteiger partial charge < -0.3 is 14.2 Å². The highest BCUT2D eigenvalue weighted by molar-refractivity contribution is 7.93. The number of hydrogen-bond donors (Lipinski definition) is 1. The quantitative estimate of drug-likeness (QED) is 0.553. The van der Waals surface area contributed by atoms with E-state index in [2.05, 4.69) is 9.62 Å². The number of anilines is 2. The van der Waals surface area contributed by atoms with Gasteiger partial charge >= 0.3 is 0 Å². The lowest BCUT2D eigenvalue weighted by Gasteiger charge is -2.46. The van der Waals surface area contributed by atoms with Gasteiger partial charge in [-0.05, 0) is 49.4 Å².